The summed E-state index contributed by atoms with van der Waals surface area (Å²) in [6.07, 6.45) is 4.40. The molecule has 0 spiro atoms. The Balaban J connectivity index is 1.82. The van der Waals surface area contributed by atoms with Crippen LogP contribution < -0.4 is 4.74 Å². The van der Waals surface area contributed by atoms with Crippen LogP contribution in [-0.2, 0) is 4.74 Å². The van der Waals surface area contributed by atoms with E-state index in [-0.39, 0.29) is 0 Å². The van der Waals surface area contributed by atoms with Gasteiger partial charge in [-0.1, -0.05) is 12.1 Å². The summed E-state index contributed by atoms with van der Waals surface area (Å²) < 4.78 is 11.8. The monoisotopic (exact) mass is 348 g/mol. The van der Waals surface area contributed by atoms with E-state index in [1.54, 1.807) is 25.7 Å². The van der Waals surface area contributed by atoms with Crippen LogP contribution in [0.5, 0.6) is 5.75 Å². The molecular weight excluding hydrogens is 328 g/mol. The smallest absolute Gasteiger partial charge is 0.217 e. The molecule has 5 heteroatoms. The second-order valence-electron chi connectivity index (χ2n) is 6.50. The first-order chi connectivity index (χ1) is 12.6. The highest BCUT2D eigenvalue weighted by Crippen LogP contribution is 2.49. The largest absolute Gasteiger partial charge is 0.462 e. The summed E-state index contributed by atoms with van der Waals surface area (Å²) in [5.41, 5.74) is 3.35. The molecule has 2 aromatic heterocycles. The van der Waals surface area contributed by atoms with Crippen molar-refractivity contribution in [3.63, 3.8) is 0 Å². The van der Waals surface area contributed by atoms with Crippen LogP contribution in [-0.4, -0.2) is 28.0 Å². The van der Waals surface area contributed by atoms with Gasteiger partial charge in [0.15, 0.2) is 0 Å². The summed E-state index contributed by atoms with van der Waals surface area (Å²) in [5, 5.41) is 11.2. The molecule has 0 fully saturated rings. The Morgan fingerprint density at radius 3 is 2.69 bits per heavy atom. The lowest BCUT2D eigenvalue weighted by atomic mass is 9.81. The van der Waals surface area contributed by atoms with Crippen LogP contribution in [0.25, 0.3) is 11.3 Å². The van der Waals surface area contributed by atoms with Crippen LogP contribution in [0.4, 0.5) is 0 Å². The molecule has 1 aromatic carbocycles. The number of hydrogen-bond donors (Lipinski definition) is 1. The number of fused-ring (bicyclic) bond motifs is 1. The molecule has 3 atom stereocenters. The van der Waals surface area contributed by atoms with Gasteiger partial charge in [0.25, 0.3) is 0 Å². The van der Waals surface area contributed by atoms with Gasteiger partial charge < -0.3 is 14.6 Å². The SMILES string of the molecule is COC1(C)Oc2ccc(-c3ccccn3)cc2[C@H](O)[C@@H]1c1cccnc1. The molecule has 0 radical (unpaired) electrons. The van der Waals surface area contributed by atoms with Crippen molar-refractivity contribution in [2.24, 2.45) is 0 Å². The fraction of sp³-hybridized carbons (Fsp3) is 0.238. The van der Waals surface area contributed by atoms with Crippen LogP contribution in [0.3, 0.4) is 0 Å². The molecule has 4 rings (SSSR count). The lowest BCUT2D eigenvalue weighted by molar-refractivity contribution is -0.197. The van der Waals surface area contributed by atoms with E-state index in [9.17, 15) is 5.11 Å². The van der Waals surface area contributed by atoms with Gasteiger partial charge in [-0.05, 0) is 42.0 Å². The summed E-state index contributed by atoms with van der Waals surface area (Å²) in [5.74, 6) is -0.795. The molecule has 0 saturated carbocycles. The van der Waals surface area contributed by atoms with E-state index >= 15 is 0 Å². The standard InChI is InChI=1S/C21H20N2O3/c1-21(25-2)19(15-6-5-10-22-13-15)20(24)16-12-14(8-9-18(16)26-21)17-7-3-4-11-23-17/h3-13,19-20,24H,1-2H3/t19-,20-,21?/m0/s1. The third-order valence-electron chi connectivity index (χ3n) is 4.93. The third kappa shape index (κ3) is 2.75. The van der Waals surface area contributed by atoms with E-state index in [0.717, 1.165) is 22.4 Å². The molecule has 0 amide bonds. The molecule has 3 aromatic rings. The number of pyridine rings is 2. The maximum Gasteiger partial charge on any atom is 0.217 e. The molecule has 0 aliphatic carbocycles. The van der Waals surface area contributed by atoms with Crippen LogP contribution >= 0.6 is 0 Å². The predicted molar refractivity (Wildman–Crippen MR) is 97.7 cm³/mol. The molecule has 5 nitrogen and oxygen atoms in total. The van der Waals surface area contributed by atoms with Crippen LogP contribution in [0, 0.1) is 0 Å². The van der Waals surface area contributed by atoms with Crippen LogP contribution in [0.1, 0.15) is 30.1 Å². The topological polar surface area (TPSA) is 64.5 Å². The zero-order valence-electron chi connectivity index (χ0n) is 14.7. The Morgan fingerprint density at radius 1 is 1.12 bits per heavy atom. The molecular formula is C21H20N2O3. The minimum Gasteiger partial charge on any atom is -0.462 e. The lowest BCUT2D eigenvalue weighted by Gasteiger charge is -2.44. The van der Waals surface area contributed by atoms with E-state index in [2.05, 4.69) is 9.97 Å². The summed E-state index contributed by atoms with van der Waals surface area (Å²) >= 11 is 0. The number of rotatable bonds is 3. The maximum atomic E-state index is 11.2. The van der Waals surface area contributed by atoms with Crippen molar-refractivity contribution in [3.8, 4) is 17.0 Å². The number of aliphatic hydroxyl groups is 1. The fourth-order valence-electron chi connectivity index (χ4n) is 3.53. The van der Waals surface area contributed by atoms with Gasteiger partial charge in [-0.25, -0.2) is 0 Å². The van der Waals surface area contributed by atoms with Crippen molar-refractivity contribution >= 4 is 0 Å². The van der Waals surface area contributed by atoms with E-state index in [0.29, 0.717) is 5.75 Å². The van der Waals surface area contributed by atoms with Gasteiger partial charge in [-0.3, -0.25) is 9.97 Å². The number of methoxy groups -OCH3 is 1. The predicted octanol–water partition coefficient (Wildman–Crippen LogP) is 3.72. The Bertz CT molecular complexity index is 902. The molecule has 1 aliphatic rings. The van der Waals surface area contributed by atoms with Gasteiger partial charge in [-0.15, -0.1) is 0 Å². The van der Waals surface area contributed by atoms with Gasteiger partial charge in [0.2, 0.25) is 5.79 Å². The zero-order chi connectivity index (χ0) is 18.1. The second kappa shape index (κ2) is 6.52. The average molecular weight is 348 g/mol. The van der Waals surface area contributed by atoms with Crippen LogP contribution in [0.15, 0.2) is 67.1 Å². The zero-order valence-corrected chi connectivity index (χ0v) is 14.7. The van der Waals surface area contributed by atoms with Gasteiger partial charge in [0.1, 0.15) is 5.75 Å². The van der Waals surface area contributed by atoms with Crippen LogP contribution in [0.2, 0.25) is 0 Å². The number of benzene rings is 1. The van der Waals surface area contributed by atoms with Gasteiger partial charge in [-0.2, -0.15) is 0 Å². The van der Waals surface area contributed by atoms with E-state index in [1.807, 2.05) is 55.5 Å². The molecule has 26 heavy (non-hydrogen) atoms. The van der Waals surface area contributed by atoms with Gasteiger partial charge in [0.05, 0.1) is 17.7 Å². The van der Waals surface area contributed by atoms with Crippen molar-refractivity contribution in [3.05, 3.63) is 78.2 Å². The van der Waals surface area contributed by atoms with Crippen molar-refractivity contribution in [1.82, 2.24) is 9.97 Å². The van der Waals surface area contributed by atoms with Gasteiger partial charge >= 0.3 is 0 Å². The molecule has 0 saturated heterocycles. The van der Waals surface area contributed by atoms with E-state index in [1.165, 1.54) is 0 Å². The minimum atomic E-state index is -0.998. The quantitative estimate of drug-likeness (QED) is 0.781. The second-order valence-corrected chi connectivity index (χ2v) is 6.50. The highest BCUT2D eigenvalue weighted by molar-refractivity contribution is 5.63. The lowest BCUT2D eigenvalue weighted by Crippen LogP contribution is -2.47. The number of ether oxygens (including phenoxy) is 2. The van der Waals surface area contributed by atoms with Crippen molar-refractivity contribution in [2.45, 2.75) is 24.7 Å². The number of nitrogens with zero attached hydrogens (tertiary/aromatic N) is 2. The highest BCUT2D eigenvalue weighted by Gasteiger charge is 2.48. The third-order valence-corrected chi connectivity index (χ3v) is 4.93. The van der Waals surface area contributed by atoms with E-state index < -0.39 is 17.8 Å². The fourth-order valence-corrected chi connectivity index (χ4v) is 3.53. The summed E-state index contributed by atoms with van der Waals surface area (Å²) in [6, 6.07) is 15.3. The maximum absolute atomic E-state index is 11.2. The van der Waals surface area contributed by atoms with Crippen molar-refractivity contribution in [1.29, 1.82) is 0 Å². The van der Waals surface area contributed by atoms with Crippen molar-refractivity contribution in [2.75, 3.05) is 7.11 Å². The Kier molecular flexibility index (Phi) is 4.18. The Morgan fingerprint density at radius 2 is 2.00 bits per heavy atom. The first kappa shape index (κ1) is 16.7. The number of aliphatic hydroxyl groups excluding tert-OH is 1. The highest BCUT2D eigenvalue weighted by atomic mass is 16.7. The first-order valence-electron chi connectivity index (χ1n) is 8.50. The average Bonchev–Trinajstić information content (AvgIpc) is 2.69. The number of aromatic nitrogens is 2. The Labute approximate surface area is 152 Å². The molecule has 3 heterocycles. The summed E-state index contributed by atoms with van der Waals surface area (Å²) in [7, 11) is 1.59. The normalized spacial score (nSPS) is 24.6. The van der Waals surface area contributed by atoms with Crippen molar-refractivity contribution < 1.29 is 14.6 Å². The molecule has 1 unspecified atom stereocenters. The summed E-state index contributed by atoms with van der Waals surface area (Å²) in [6.45, 7) is 1.84. The number of hydrogen-bond acceptors (Lipinski definition) is 5. The first-order valence-corrected chi connectivity index (χ1v) is 8.50. The molecule has 1 N–H and O–H groups in total. The Hall–Kier alpha value is -2.76. The molecule has 0 bridgehead atoms. The van der Waals surface area contributed by atoms with E-state index in [4.69, 9.17) is 9.47 Å². The molecule has 132 valence electrons. The van der Waals surface area contributed by atoms with Gasteiger partial charge in [0, 0.05) is 43.8 Å². The summed E-state index contributed by atoms with van der Waals surface area (Å²) in [4.78, 5) is 8.57. The molecule has 1 aliphatic heterocycles. The minimum absolute atomic E-state index is 0.410.